The summed E-state index contributed by atoms with van der Waals surface area (Å²) in [5.74, 6) is 1.06. The molecule has 1 heterocycles. The van der Waals surface area contributed by atoms with Crippen LogP contribution in [-0.2, 0) is 21.4 Å². The van der Waals surface area contributed by atoms with E-state index in [1.165, 1.54) is 29.9 Å². The number of anilines is 2. The summed E-state index contributed by atoms with van der Waals surface area (Å²) >= 11 is 0. The summed E-state index contributed by atoms with van der Waals surface area (Å²) in [4.78, 5) is 15.1. The fourth-order valence-corrected chi connectivity index (χ4v) is 4.47. The molecule has 33 heavy (non-hydrogen) atoms. The van der Waals surface area contributed by atoms with Gasteiger partial charge in [0.15, 0.2) is 6.10 Å². The minimum Gasteiger partial charge on any atom is -0.481 e. The molecule has 0 radical (unpaired) electrons. The number of hydrogen-bond donors (Lipinski definition) is 1. The molecule has 2 aromatic carbocycles. The average Bonchev–Trinajstić information content (AvgIpc) is 2.80. The normalized spacial score (nSPS) is 17.3. The summed E-state index contributed by atoms with van der Waals surface area (Å²) < 4.78 is 30.4. The second-order valence-electron chi connectivity index (χ2n) is 8.82. The Morgan fingerprint density at radius 3 is 2.42 bits per heavy atom. The maximum atomic E-state index is 12.7. The molecule has 0 aromatic heterocycles. The number of nitrogens with one attached hydrogen (secondary N) is 1. The van der Waals surface area contributed by atoms with E-state index >= 15 is 0 Å². The molecular weight excluding hydrogens is 438 g/mol. The molecule has 0 aliphatic carbocycles. The lowest BCUT2D eigenvalue weighted by atomic mass is 9.99. The van der Waals surface area contributed by atoms with Gasteiger partial charge in [-0.3, -0.25) is 9.10 Å². The third-order valence-electron chi connectivity index (χ3n) is 6.06. The first-order valence-corrected chi connectivity index (χ1v) is 13.3. The average molecular weight is 474 g/mol. The van der Waals surface area contributed by atoms with Gasteiger partial charge in [-0.1, -0.05) is 26.0 Å². The Hall–Kier alpha value is -2.74. The van der Waals surface area contributed by atoms with E-state index in [2.05, 4.69) is 41.4 Å². The summed E-state index contributed by atoms with van der Waals surface area (Å²) in [6, 6.07) is 15.0. The summed E-state index contributed by atoms with van der Waals surface area (Å²) in [6.45, 7) is 6.82. The van der Waals surface area contributed by atoms with Crippen molar-refractivity contribution in [1.29, 1.82) is 0 Å². The van der Waals surface area contributed by atoms with Crippen molar-refractivity contribution < 1.29 is 17.9 Å². The van der Waals surface area contributed by atoms with Gasteiger partial charge < -0.3 is 15.0 Å². The second-order valence-corrected chi connectivity index (χ2v) is 10.8. The first-order valence-electron chi connectivity index (χ1n) is 11.5. The van der Waals surface area contributed by atoms with Crippen LogP contribution in [0.15, 0.2) is 48.5 Å². The van der Waals surface area contributed by atoms with Crippen LogP contribution in [0, 0.1) is 5.92 Å². The van der Waals surface area contributed by atoms with Crippen molar-refractivity contribution in [3.05, 3.63) is 54.1 Å². The fraction of sp³-hybridized carbons (Fsp3) is 0.480. The second kappa shape index (κ2) is 10.9. The Bertz CT molecular complexity index is 1020. The molecular formula is C25H35N3O4S. The molecule has 1 N–H and O–H groups in total. The van der Waals surface area contributed by atoms with Gasteiger partial charge in [-0.15, -0.1) is 0 Å². The monoisotopic (exact) mass is 473 g/mol. The van der Waals surface area contributed by atoms with Gasteiger partial charge in [0.1, 0.15) is 5.75 Å². The van der Waals surface area contributed by atoms with Crippen LogP contribution in [0.3, 0.4) is 0 Å². The number of amides is 1. The number of carbonyl (C=O) groups excluding carboxylic acids is 1. The molecule has 2 aromatic rings. The number of sulfonamides is 1. The van der Waals surface area contributed by atoms with Crippen LogP contribution in [0.5, 0.6) is 5.75 Å². The van der Waals surface area contributed by atoms with Crippen molar-refractivity contribution in [2.45, 2.75) is 45.8 Å². The number of nitrogens with zero attached hydrogens (tertiary/aromatic N) is 2. The van der Waals surface area contributed by atoms with Crippen LogP contribution in [0.25, 0.3) is 0 Å². The quantitative estimate of drug-likeness (QED) is 0.599. The van der Waals surface area contributed by atoms with Crippen LogP contribution in [-0.4, -0.2) is 46.8 Å². The van der Waals surface area contributed by atoms with Gasteiger partial charge in [0, 0.05) is 32.4 Å². The molecule has 0 bridgehead atoms. The minimum atomic E-state index is -3.33. The SMILES string of the molecule is CCC(Oc1ccc(N(C)S(C)(=O)=O)cc1)C(=O)NCc1ccc(N2CCCC(C)C2)cc1. The Morgan fingerprint density at radius 2 is 1.85 bits per heavy atom. The molecule has 3 rings (SSSR count). The third kappa shape index (κ3) is 6.87. The van der Waals surface area contributed by atoms with E-state index in [9.17, 15) is 13.2 Å². The van der Waals surface area contributed by atoms with Gasteiger partial charge in [-0.2, -0.15) is 0 Å². The highest BCUT2D eigenvalue weighted by Crippen LogP contribution is 2.24. The molecule has 1 aliphatic heterocycles. The smallest absolute Gasteiger partial charge is 0.261 e. The highest BCUT2D eigenvalue weighted by atomic mass is 32.2. The van der Waals surface area contributed by atoms with E-state index in [0.717, 1.165) is 30.8 Å². The van der Waals surface area contributed by atoms with Crippen molar-refractivity contribution in [1.82, 2.24) is 5.32 Å². The standard InChI is InChI=1S/C25H35N3O4S/c1-5-24(32-23-14-12-21(13-15-23)27(3)33(4,30)31)25(29)26-17-20-8-10-22(11-9-20)28-16-6-7-19(2)18-28/h8-15,19,24H,5-7,16-18H2,1-4H3,(H,26,29). The van der Waals surface area contributed by atoms with Crippen molar-refractivity contribution >= 4 is 27.3 Å². The Kier molecular flexibility index (Phi) is 8.24. The van der Waals surface area contributed by atoms with Crippen LogP contribution in [0.4, 0.5) is 11.4 Å². The summed E-state index contributed by atoms with van der Waals surface area (Å²) in [7, 11) is -1.84. The van der Waals surface area contributed by atoms with Crippen molar-refractivity contribution in [3.8, 4) is 5.75 Å². The van der Waals surface area contributed by atoms with Crippen LogP contribution in [0.2, 0.25) is 0 Å². The predicted molar refractivity (Wildman–Crippen MR) is 133 cm³/mol. The lowest BCUT2D eigenvalue weighted by molar-refractivity contribution is -0.128. The van der Waals surface area contributed by atoms with Crippen molar-refractivity contribution in [2.75, 3.05) is 35.6 Å². The molecule has 180 valence electrons. The topological polar surface area (TPSA) is 78.9 Å². The molecule has 0 saturated carbocycles. The molecule has 7 nitrogen and oxygen atoms in total. The number of benzene rings is 2. The molecule has 1 aliphatic rings. The van der Waals surface area contributed by atoms with E-state index in [-0.39, 0.29) is 5.91 Å². The van der Waals surface area contributed by atoms with Crippen LogP contribution in [0.1, 0.15) is 38.7 Å². The zero-order chi connectivity index (χ0) is 24.0. The molecule has 0 spiro atoms. The molecule has 2 unspecified atom stereocenters. The van der Waals surface area contributed by atoms with E-state index in [0.29, 0.717) is 24.4 Å². The number of hydrogen-bond acceptors (Lipinski definition) is 5. The van der Waals surface area contributed by atoms with Gasteiger partial charge in [0.25, 0.3) is 5.91 Å². The summed E-state index contributed by atoms with van der Waals surface area (Å²) in [6.07, 6.45) is 3.56. The van der Waals surface area contributed by atoms with Crippen LogP contribution >= 0.6 is 0 Å². The minimum absolute atomic E-state index is 0.177. The van der Waals surface area contributed by atoms with Gasteiger partial charge in [0.05, 0.1) is 11.9 Å². The Labute approximate surface area is 197 Å². The third-order valence-corrected chi connectivity index (χ3v) is 7.27. The maximum Gasteiger partial charge on any atom is 0.261 e. The molecule has 8 heteroatoms. The number of piperidine rings is 1. The Balaban J connectivity index is 1.53. The first kappa shape index (κ1) is 24.9. The van der Waals surface area contributed by atoms with E-state index < -0.39 is 16.1 Å². The highest BCUT2D eigenvalue weighted by Gasteiger charge is 2.19. The van der Waals surface area contributed by atoms with Gasteiger partial charge in [-0.25, -0.2) is 8.42 Å². The lowest BCUT2D eigenvalue weighted by Gasteiger charge is -2.32. The number of carbonyl (C=O) groups is 1. The largest absolute Gasteiger partial charge is 0.481 e. The highest BCUT2D eigenvalue weighted by molar-refractivity contribution is 7.92. The van der Waals surface area contributed by atoms with Crippen molar-refractivity contribution in [2.24, 2.45) is 5.92 Å². The zero-order valence-corrected chi connectivity index (χ0v) is 20.8. The first-order chi connectivity index (χ1) is 15.7. The van der Waals surface area contributed by atoms with E-state index in [1.807, 2.05) is 6.92 Å². The number of rotatable bonds is 9. The summed E-state index contributed by atoms with van der Waals surface area (Å²) in [5.41, 5.74) is 2.81. The molecule has 2 atom stereocenters. The van der Waals surface area contributed by atoms with Gasteiger partial charge in [0.2, 0.25) is 10.0 Å². The molecule has 1 saturated heterocycles. The maximum absolute atomic E-state index is 12.7. The van der Waals surface area contributed by atoms with E-state index in [1.54, 1.807) is 24.3 Å². The van der Waals surface area contributed by atoms with Gasteiger partial charge >= 0.3 is 0 Å². The zero-order valence-electron chi connectivity index (χ0n) is 20.0. The fourth-order valence-electron chi connectivity index (χ4n) is 3.96. The van der Waals surface area contributed by atoms with Crippen LogP contribution < -0.4 is 19.3 Å². The van der Waals surface area contributed by atoms with Crippen molar-refractivity contribution in [3.63, 3.8) is 0 Å². The molecule has 1 amide bonds. The summed E-state index contributed by atoms with van der Waals surface area (Å²) in [5, 5.41) is 2.96. The predicted octanol–water partition coefficient (Wildman–Crippen LogP) is 3.79. The van der Waals surface area contributed by atoms with E-state index in [4.69, 9.17) is 4.74 Å². The Morgan fingerprint density at radius 1 is 1.18 bits per heavy atom. The lowest BCUT2D eigenvalue weighted by Crippen LogP contribution is -2.37. The number of ether oxygens (including phenoxy) is 1. The van der Waals surface area contributed by atoms with Gasteiger partial charge in [-0.05, 0) is 67.1 Å². The molecule has 1 fully saturated rings.